The van der Waals surface area contributed by atoms with Crippen molar-refractivity contribution in [3.8, 4) is 0 Å². The lowest BCUT2D eigenvalue weighted by molar-refractivity contribution is -0.384. The molecule has 3 aromatic rings. The molecule has 0 spiro atoms. The van der Waals surface area contributed by atoms with Gasteiger partial charge in [-0.1, -0.05) is 43.8 Å². The first-order valence-corrected chi connectivity index (χ1v) is 12.3. The zero-order valence-corrected chi connectivity index (χ0v) is 21.0. The molecule has 0 atom stereocenters. The summed E-state index contributed by atoms with van der Waals surface area (Å²) in [5, 5.41) is 16.6. The van der Waals surface area contributed by atoms with E-state index < -0.39 is 10.8 Å². The molecule has 0 bridgehead atoms. The summed E-state index contributed by atoms with van der Waals surface area (Å²) in [6, 6.07) is 21.3. The summed E-state index contributed by atoms with van der Waals surface area (Å²) >= 11 is 1.18. The van der Waals surface area contributed by atoms with Gasteiger partial charge in [0, 0.05) is 40.5 Å². The van der Waals surface area contributed by atoms with E-state index in [1.165, 1.54) is 40.9 Å². The highest BCUT2D eigenvalue weighted by Gasteiger charge is 2.39. The Morgan fingerprint density at radius 3 is 2.16 bits per heavy atom. The number of nitro groups is 1. The Balaban J connectivity index is 1.51. The van der Waals surface area contributed by atoms with Gasteiger partial charge in [-0.3, -0.25) is 29.4 Å². The van der Waals surface area contributed by atoms with E-state index >= 15 is 0 Å². The number of hydrogen-bond acceptors (Lipinski definition) is 7. The van der Waals surface area contributed by atoms with Crippen LogP contribution >= 0.6 is 11.8 Å². The topological polar surface area (TPSA) is 122 Å². The van der Waals surface area contributed by atoms with Crippen molar-refractivity contribution in [2.75, 3.05) is 17.2 Å². The molecule has 1 heterocycles. The lowest BCUT2D eigenvalue weighted by atomic mass is 10.2. The van der Waals surface area contributed by atoms with E-state index in [9.17, 15) is 24.5 Å². The van der Waals surface area contributed by atoms with Gasteiger partial charge in [0.1, 0.15) is 10.6 Å². The van der Waals surface area contributed by atoms with Crippen molar-refractivity contribution in [1.82, 2.24) is 4.90 Å². The van der Waals surface area contributed by atoms with E-state index in [4.69, 9.17) is 0 Å². The van der Waals surface area contributed by atoms with E-state index in [1.54, 1.807) is 24.3 Å². The van der Waals surface area contributed by atoms with Gasteiger partial charge in [-0.2, -0.15) is 0 Å². The van der Waals surface area contributed by atoms with Crippen LogP contribution in [0.2, 0.25) is 0 Å². The number of nitro benzene ring substituents is 1. The predicted octanol–water partition coefficient (Wildman–Crippen LogP) is 5.29. The molecule has 0 fully saturated rings. The van der Waals surface area contributed by atoms with Crippen LogP contribution in [0.1, 0.15) is 24.2 Å². The molecule has 2 N–H and O–H groups in total. The minimum absolute atomic E-state index is 0.0970. The van der Waals surface area contributed by atoms with Crippen molar-refractivity contribution in [3.05, 3.63) is 105 Å². The number of non-ortho nitro benzene ring substituents is 1. The molecule has 0 radical (unpaired) electrons. The third-order valence-corrected chi connectivity index (χ3v) is 6.48. The molecule has 0 saturated carbocycles. The SMILES string of the molecule is CC(C)CN1C(=O)C(Nc2ccccc2)=C(Sc2ccc(NC(=O)c3ccc([N+](=O)[O-])cc3)cc2)C1=O. The Morgan fingerprint density at radius 2 is 1.57 bits per heavy atom. The Morgan fingerprint density at radius 1 is 0.919 bits per heavy atom. The Labute approximate surface area is 217 Å². The molecule has 0 saturated heterocycles. The van der Waals surface area contributed by atoms with E-state index in [2.05, 4.69) is 10.6 Å². The second kappa shape index (κ2) is 11.1. The summed E-state index contributed by atoms with van der Waals surface area (Å²) < 4.78 is 0. The number of anilines is 2. The zero-order valence-electron chi connectivity index (χ0n) is 20.1. The molecule has 0 aromatic heterocycles. The van der Waals surface area contributed by atoms with Crippen molar-refractivity contribution in [2.45, 2.75) is 18.7 Å². The summed E-state index contributed by atoms with van der Waals surface area (Å²) in [5.41, 5.74) is 1.64. The van der Waals surface area contributed by atoms with Crippen molar-refractivity contribution in [3.63, 3.8) is 0 Å². The summed E-state index contributed by atoms with van der Waals surface area (Å²) in [6.45, 7) is 4.20. The number of imide groups is 1. The molecule has 10 heteroatoms. The fourth-order valence-electron chi connectivity index (χ4n) is 3.62. The van der Waals surface area contributed by atoms with Crippen LogP contribution in [0, 0.1) is 16.0 Å². The van der Waals surface area contributed by atoms with Crippen LogP contribution in [-0.4, -0.2) is 34.1 Å². The summed E-state index contributed by atoms with van der Waals surface area (Å²) in [6.07, 6.45) is 0. The first kappa shape index (κ1) is 25.6. The maximum absolute atomic E-state index is 13.2. The van der Waals surface area contributed by atoms with Gasteiger partial charge in [0.2, 0.25) is 0 Å². The van der Waals surface area contributed by atoms with E-state index in [0.29, 0.717) is 27.7 Å². The number of para-hydroxylation sites is 1. The zero-order chi connectivity index (χ0) is 26.5. The Hall–Kier alpha value is -4.44. The van der Waals surface area contributed by atoms with E-state index in [0.717, 1.165) is 0 Å². The van der Waals surface area contributed by atoms with Crippen molar-refractivity contribution in [1.29, 1.82) is 0 Å². The minimum Gasteiger partial charge on any atom is -0.350 e. The Bertz CT molecular complexity index is 1370. The molecule has 1 aliphatic rings. The molecule has 188 valence electrons. The maximum atomic E-state index is 13.2. The number of hydrogen-bond donors (Lipinski definition) is 2. The van der Waals surface area contributed by atoms with Crippen molar-refractivity contribution >= 4 is 46.5 Å². The maximum Gasteiger partial charge on any atom is 0.278 e. The number of benzene rings is 3. The molecule has 37 heavy (non-hydrogen) atoms. The van der Waals surface area contributed by atoms with Crippen LogP contribution in [0.4, 0.5) is 17.1 Å². The van der Waals surface area contributed by atoms with Gasteiger partial charge in [-0.15, -0.1) is 0 Å². The van der Waals surface area contributed by atoms with Gasteiger partial charge in [-0.05, 0) is 54.4 Å². The molecule has 9 nitrogen and oxygen atoms in total. The van der Waals surface area contributed by atoms with Crippen LogP contribution in [-0.2, 0) is 9.59 Å². The fourth-order valence-corrected chi connectivity index (χ4v) is 4.56. The van der Waals surface area contributed by atoms with Crippen LogP contribution in [0.25, 0.3) is 0 Å². The first-order valence-electron chi connectivity index (χ1n) is 11.5. The van der Waals surface area contributed by atoms with E-state index in [1.807, 2.05) is 44.2 Å². The molecule has 1 aliphatic heterocycles. The number of carbonyl (C=O) groups is 3. The van der Waals surface area contributed by atoms with E-state index in [-0.39, 0.29) is 34.7 Å². The molecule has 4 rings (SSSR count). The summed E-state index contributed by atoms with van der Waals surface area (Å²) in [5.74, 6) is -1.00. The predicted molar refractivity (Wildman–Crippen MR) is 142 cm³/mol. The standard InChI is InChI=1S/C27H24N4O5S/c1-17(2)16-30-26(33)23(28-19-6-4-3-5-7-19)24(27(30)34)37-22-14-10-20(11-15-22)29-25(32)18-8-12-21(13-9-18)31(35)36/h3-15,17,28H,16H2,1-2H3,(H,29,32). The third-order valence-electron chi connectivity index (χ3n) is 5.39. The molecular weight excluding hydrogens is 492 g/mol. The first-order chi connectivity index (χ1) is 17.7. The number of carbonyl (C=O) groups excluding carboxylic acids is 3. The highest BCUT2D eigenvalue weighted by atomic mass is 32.2. The molecule has 0 unspecified atom stereocenters. The second-order valence-corrected chi connectivity index (χ2v) is 9.78. The average molecular weight is 517 g/mol. The number of nitrogens with one attached hydrogen (secondary N) is 2. The van der Waals surface area contributed by atoms with Crippen LogP contribution in [0.3, 0.4) is 0 Å². The number of amides is 3. The van der Waals surface area contributed by atoms with Gasteiger partial charge in [0.25, 0.3) is 23.4 Å². The number of thioether (sulfide) groups is 1. The van der Waals surface area contributed by atoms with Crippen molar-refractivity contribution < 1.29 is 19.3 Å². The minimum atomic E-state index is -0.529. The van der Waals surface area contributed by atoms with Gasteiger partial charge in [-0.25, -0.2) is 0 Å². The molecule has 3 aromatic carbocycles. The lowest BCUT2D eigenvalue weighted by Crippen LogP contribution is -2.35. The summed E-state index contributed by atoms with van der Waals surface area (Å²) in [4.78, 5) is 51.3. The van der Waals surface area contributed by atoms with Crippen LogP contribution in [0.15, 0.2) is 94.4 Å². The summed E-state index contributed by atoms with van der Waals surface area (Å²) in [7, 11) is 0. The molecular formula is C27H24N4O5S. The van der Waals surface area contributed by atoms with Crippen molar-refractivity contribution in [2.24, 2.45) is 5.92 Å². The van der Waals surface area contributed by atoms with Crippen LogP contribution < -0.4 is 10.6 Å². The monoisotopic (exact) mass is 516 g/mol. The molecule has 0 aliphatic carbocycles. The normalized spacial score (nSPS) is 13.3. The molecule has 3 amide bonds. The second-order valence-electron chi connectivity index (χ2n) is 8.69. The van der Waals surface area contributed by atoms with Gasteiger partial charge >= 0.3 is 0 Å². The average Bonchev–Trinajstić information content (AvgIpc) is 3.09. The van der Waals surface area contributed by atoms with Gasteiger partial charge in [0.15, 0.2) is 0 Å². The Kier molecular flexibility index (Phi) is 7.69. The lowest BCUT2D eigenvalue weighted by Gasteiger charge is -2.17. The third kappa shape index (κ3) is 6.04. The quantitative estimate of drug-likeness (QED) is 0.225. The van der Waals surface area contributed by atoms with Gasteiger partial charge in [0.05, 0.1) is 4.92 Å². The number of rotatable bonds is 9. The highest BCUT2D eigenvalue weighted by Crippen LogP contribution is 2.36. The fraction of sp³-hybridized carbons (Fsp3) is 0.148. The highest BCUT2D eigenvalue weighted by molar-refractivity contribution is 8.04. The smallest absolute Gasteiger partial charge is 0.278 e. The van der Waals surface area contributed by atoms with Crippen LogP contribution in [0.5, 0.6) is 0 Å². The number of nitrogens with zero attached hydrogens (tertiary/aromatic N) is 2. The largest absolute Gasteiger partial charge is 0.350 e. The van der Waals surface area contributed by atoms with Gasteiger partial charge < -0.3 is 10.6 Å².